The fraction of sp³-hybridized carbons (Fsp3) is 0.611. The quantitative estimate of drug-likeness (QED) is 0.739. The Morgan fingerprint density at radius 1 is 0.963 bits per heavy atom. The van der Waals surface area contributed by atoms with Crippen LogP contribution in [-0.4, -0.2) is 94.9 Å². The van der Waals surface area contributed by atoms with E-state index in [1.165, 1.54) is 0 Å². The largest absolute Gasteiger partial charge is 0.390 e. The van der Waals surface area contributed by atoms with Crippen LogP contribution in [0.3, 0.4) is 0 Å². The van der Waals surface area contributed by atoms with Crippen LogP contribution >= 0.6 is 0 Å². The van der Waals surface area contributed by atoms with Gasteiger partial charge in [0, 0.05) is 64.3 Å². The summed E-state index contributed by atoms with van der Waals surface area (Å²) in [5, 5.41) is 14.4. The first-order valence-corrected chi connectivity index (χ1v) is 9.55. The Bertz CT molecular complexity index is 697. The van der Waals surface area contributed by atoms with Gasteiger partial charge in [-0.2, -0.15) is 5.10 Å². The van der Waals surface area contributed by atoms with Gasteiger partial charge in [0.2, 0.25) is 0 Å². The molecule has 1 atom stereocenters. The molecule has 0 spiro atoms. The summed E-state index contributed by atoms with van der Waals surface area (Å²) >= 11 is 0. The summed E-state index contributed by atoms with van der Waals surface area (Å²) < 4.78 is 7.19. The average molecular weight is 373 g/mol. The van der Waals surface area contributed by atoms with Crippen molar-refractivity contribution in [3.8, 4) is 0 Å². The Labute approximate surface area is 159 Å². The molecule has 9 heteroatoms. The molecule has 0 saturated carbocycles. The maximum atomic E-state index is 10.3. The van der Waals surface area contributed by atoms with Crippen LogP contribution in [0, 0.1) is 0 Å². The van der Waals surface area contributed by atoms with Crippen molar-refractivity contribution in [1.29, 1.82) is 0 Å². The molecule has 0 radical (unpaired) electrons. The molecule has 2 aromatic rings. The summed E-state index contributed by atoms with van der Waals surface area (Å²) in [5.74, 6) is 1.95. The number of rotatable bonds is 6. The highest BCUT2D eigenvalue weighted by atomic mass is 16.5. The minimum atomic E-state index is -0.413. The summed E-state index contributed by atoms with van der Waals surface area (Å²) in [6.07, 6.45) is 4.85. The van der Waals surface area contributed by atoms with E-state index in [0.717, 1.165) is 64.1 Å². The Balaban J connectivity index is 1.28. The van der Waals surface area contributed by atoms with E-state index in [9.17, 15) is 5.11 Å². The number of piperazine rings is 1. The third-order valence-electron chi connectivity index (χ3n) is 5.10. The zero-order valence-electron chi connectivity index (χ0n) is 15.5. The van der Waals surface area contributed by atoms with Crippen LogP contribution in [0.1, 0.15) is 0 Å². The van der Waals surface area contributed by atoms with Crippen LogP contribution in [-0.2, 0) is 11.3 Å². The second-order valence-corrected chi connectivity index (χ2v) is 7.00. The van der Waals surface area contributed by atoms with Crippen LogP contribution in [0.5, 0.6) is 0 Å². The molecule has 0 amide bonds. The van der Waals surface area contributed by atoms with Crippen molar-refractivity contribution < 1.29 is 9.84 Å². The van der Waals surface area contributed by atoms with E-state index in [0.29, 0.717) is 13.1 Å². The molecule has 0 aliphatic carbocycles. The van der Waals surface area contributed by atoms with Gasteiger partial charge in [-0.1, -0.05) is 0 Å². The first-order valence-electron chi connectivity index (χ1n) is 9.55. The molecule has 2 aliphatic rings. The van der Waals surface area contributed by atoms with Crippen molar-refractivity contribution in [3.05, 3.63) is 30.9 Å². The van der Waals surface area contributed by atoms with E-state index in [4.69, 9.17) is 4.74 Å². The molecule has 1 unspecified atom stereocenters. The standard InChI is InChI=1S/C18H27N7O2/c26-16(14-25-3-1-2-21-25)13-22-4-6-23(7-5-22)17-12-18(20-15-19-17)24-8-10-27-11-9-24/h1-3,12,15-16,26H,4-11,13-14H2. The fourth-order valence-electron chi connectivity index (χ4n) is 3.62. The number of hydrogen-bond acceptors (Lipinski definition) is 8. The van der Waals surface area contributed by atoms with E-state index in [1.807, 2.05) is 12.3 Å². The lowest BCUT2D eigenvalue weighted by Gasteiger charge is -2.36. The van der Waals surface area contributed by atoms with Crippen molar-refractivity contribution in [1.82, 2.24) is 24.6 Å². The van der Waals surface area contributed by atoms with Gasteiger partial charge in [-0.3, -0.25) is 9.58 Å². The topological polar surface area (TPSA) is 82.8 Å². The molecular weight excluding hydrogens is 346 g/mol. The number of ether oxygens (including phenoxy) is 1. The third-order valence-corrected chi connectivity index (χ3v) is 5.10. The van der Waals surface area contributed by atoms with E-state index in [1.54, 1.807) is 17.2 Å². The second kappa shape index (κ2) is 8.64. The molecule has 2 saturated heterocycles. The molecule has 2 aliphatic heterocycles. The molecule has 1 N–H and O–H groups in total. The van der Waals surface area contributed by atoms with Crippen molar-refractivity contribution in [2.24, 2.45) is 0 Å². The molecule has 2 aromatic heterocycles. The zero-order chi connectivity index (χ0) is 18.5. The highest BCUT2D eigenvalue weighted by molar-refractivity contribution is 5.50. The third kappa shape index (κ3) is 4.74. The molecule has 9 nitrogen and oxygen atoms in total. The van der Waals surface area contributed by atoms with Crippen LogP contribution in [0.4, 0.5) is 11.6 Å². The summed E-state index contributed by atoms with van der Waals surface area (Å²) in [6.45, 7) is 8.05. The summed E-state index contributed by atoms with van der Waals surface area (Å²) in [4.78, 5) is 15.7. The summed E-state index contributed by atoms with van der Waals surface area (Å²) in [7, 11) is 0. The summed E-state index contributed by atoms with van der Waals surface area (Å²) in [5.41, 5.74) is 0. The number of anilines is 2. The number of hydrogen-bond donors (Lipinski definition) is 1. The predicted molar refractivity (Wildman–Crippen MR) is 102 cm³/mol. The Hall–Kier alpha value is -2.23. The van der Waals surface area contributed by atoms with Crippen LogP contribution in [0.15, 0.2) is 30.9 Å². The SMILES string of the molecule is OC(CN1CCN(c2cc(N3CCOCC3)ncn2)CC1)Cn1cccn1. The van der Waals surface area contributed by atoms with E-state index < -0.39 is 6.10 Å². The predicted octanol–water partition coefficient (Wildman–Crippen LogP) is -0.307. The second-order valence-electron chi connectivity index (χ2n) is 7.00. The number of morpholine rings is 1. The lowest BCUT2D eigenvalue weighted by Crippen LogP contribution is -2.49. The molecule has 0 aromatic carbocycles. The molecule has 4 heterocycles. The minimum absolute atomic E-state index is 0.413. The van der Waals surface area contributed by atoms with Gasteiger partial charge in [-0.15, -0.1) is 0 Å². The fourth-order valence-corrected chi connectivity index (χ4v) is 3.62. The number of β-amino-alcohol motifs (C(OH)–C–C–N with tert-alkyl or cyclic N) is 1. The number of aromatic nitrogens is 4. The Morgan fingerprint density at radius 2 is 1.67 bits per heavy atom. The molecule has 27 heavy (non-hydrogen) atoms. The van der Waals surface area contributed by atoms with Crippen molar-refractivity contribution in [3.63, 3.8) is 0 Å². The van der Waals surface area contributed by atoms with E-state index in [-0.39, 0.29) is 0 Å². The van der Waals surface area contributed by atoms with Gasteiger partial charge < -0.3 is 19.6 Å². The number of aliphatic hydroxyl groups is 1. The van der Waals surface area contributed by atoms with Crippen molar-refractivity contribution in [2.45, 2.75) is 12.6 Å². The first-order chi connectivity index (χ1) is 13.3. The molecule has 146 valence electrons. The molecular formula is C18H27N7O2. The van der Waals surface area contributed by atoms with E-state index in [2.05, 4.69) is 35.8 Å². The smallest absolute Gasteiger partial charge is 0.134 e. The first kappa shape index (κ1) is 18.1. The zero-order valence-corrected chi connectivity index (χ0v) is 15.5. The maximum absolute atomic E-state index is 10.3. The number of nitrogens with zero attached hydrogens (tertiary/aromatic N) is 7. The average Bonchev–Trinajstić information content (AvgIpc) is 3.22. The van der Waals surface area contributed by atoms with Crippen LogP contribution in [0.2, 0.25) is 0 Å². The number of aliphatic hydroxyl groups excluding tert-OH is 1. The van der Waals surface area contributed by atoms with Gasteiger partial charge in [-0.25, -0.2) is 9.97 Å². The van der Waals surface area contributed by atoms with Crippen LogP contribution in [0.25, 0.3) is 0 Å². The lowest BCUT2D eigenvalue weighted by atomic mass is 10.2. The lowest BCUT2D eigenvalue weighted by molar-refractivity contribution is 0.0920. The molecule has 4 rings (SSSR count). The molecule has 0 bridgehead atoms. The summed E-state index contributed by atoms with van der Waals surface area (Å²) in [6, 6.07) is 3.95. The van der Waals surface area contributed by atoms with Gasteiger partial charge in [0.25, 0.3) is 0 Å². The van der Waals surface area contributed by atoms with Gasteiger partial charge in [0.15, 0.2) is 0 Å². The maximum Gasteiger partial charge on any atom is 0.134 e. The molecule has 2 fully saturated rings. The minimum Gasteiger partial charge on any atom is -0.390 e. The van der Waals surface area contributed by atoms with Crippen molar-refractivity contribution in [2.75, 3.05) is 68.8 Å². The van der Waals surface area contributed by atoms with Crippen molar-refractivity contribution >= 4 is 11.6 Å². The Morgan fingerprint density at radius 3 is 2.33 bits per heavy atom. The highest BCUT2D eigenvalue weighted by Crippen LogP contribution is 2.19. The highest BCUT2D eigenvalue weighted by Gasteiger charge is 2.21. The van der Waals surface area contributed by atoms with Gasteiger partial charge >= 0.3 is 0 Å². The monoisotopic (exact) mass is 373 g/mol. The van der Waals surface area contributed by atoms with Gasteiger partial charge in [-0.05, 0) is 6.07 Å². The Kier molecular flexibility index (Phi) is 5.81. The normalized spacial score (nSPS) is 20.0. The van der Waals surface area contributed by atoms with Gasteiger partial charge in [0.05, 0.1) is 25.9 Å². The van der Waals surface area contributed by atoms with Gasteiger partial charge in [0.1, 0.15) is 18.0 Å². The van der Waals surface area contributed by atoms with Crippen LogP contribution < -0.4 is 9.80 Å². The van der Waals surface area contributed by atoms with E-state index >= 15 is 0 Å².